The number of hydrogen-bond acceptors (Lipinski definition) is 3. The Kier molecular flexibility index (Phi) is 4.31. The SMILES string of the molecule is C=C(CC(=O)N1CCSc2ccccc2C1)OC. The third kappa shape index (κ3) is 3.07. The molecule has 1 heterocycles. The van der Waals surface area contributed by atoms with E-state index in [4.69, 9.17) is 4.74 Å². The number of amides is 1. The number of carbonyl (C=O) groups excluding carboxylic acids is 1. The molecule has 0 unspecified atom stereocenters. The summed E-state index contributed by atoms with van der Waals surface area (Å²) in [6, 6.07) is 8.25. The average molecular weight is 263 g/mol. The van der Waals surface area contributed by atoms with Crippen LogP contribution in [0, 0.1) is 0 Å². The van der Waals surface area contributed by atoms with Crippen molar-refractivity contribution in [3.63, 3.8) is 0 Å². The molecule has 0 aliphatic carbocycles. The van der Waals surface area contributed by atoms with Gasteiger partial charge in [-0.3, -0.25) is 4.79 Å². The van der Waals surface area contributed by atoms with Crippen molar-refractivity contribution in [2.45, 2.75) is 17.9 Å². The van der Waals surface area contributed by atoms with Crippen molar-refractivity contribution in [1.29, 1.82) is 0 Å². The third-order valence-electron chi connectivity index (χ3n) is 2.94. The molecule has 0 spiro atoms. The van der Waals surface area contributed by atoms with Crippen LogP contribution >= 0.6 is 11.8 Å². The van der Waals surface area contributed by atoms with Crippen molar-refractivity contribution in [2.24, 2.45) is 0 Å². The van der Waals surface area contributed by atoms with E-state index in [1.54, 1.807) is 7.11 Å². The summed E-state index contributed by atoms with van der Waals surface area (Å²) in [5.41, 5.74) is 1.22. The molecule has 1 aliphatic rings. The monoisotopic (exact) mass is 263 g/mol. The summed E-state index contributed by atoms with van der Waals surface area (Å²) in [6.07, 6.45) is 0.267. The van der Waals surface area contributed by atoms with Gasteiger partial charge in [0.05, 0.1) is 19.3 Å². The lowest BCUT2D eigenvalue weighted by Gasteiger charge is -2.20. The van der Waals surface area contributed by atoms with E-state index in [0.717, 1.165) is 12.3 Å². The molecule has 3 nitrogen and oxygen atoms in total. The number of ether oxygens (including phenoxy) is 1. The summed E-state index contributed by atoms with van der Waals surface area (Å²) in [4.78, 5) is 15.3. The maximum absolute atomic E-state index is 12.1. The zero-order chi connectivity index (χ0) is 13.0. The van der Waals surface area contributed by atoms with Crippen LogP contribution in [0.15, 0.2) is 41.5 Å². The molecule has 4 heteroatoms. The second-order valence-electron chi connectivity index (χ2n) is 4.19. The zero-order valence-corrected chi connectivity index (χ0v) is 11.3. The number of thioether (sulfide) groups is 1. The Labute approximate surface area is 112 Å². The van der Waals surface area contributed by atoms with Crippen LogP contribution in [0.5, 0.6) is 0 Å². The normalized spacial score (nSPS) is 14.6. The number of fused-ring (bicyclic) bond motifs is 1. The Balaban J connectivity index is 2.08. The summed E-state index contributed by atoms with van der Waals surface area (Å²) in [7, 11) is 1.54. The van der Waals surface area contributed by atoms with E-state index >= 15 is 0 Å². The van der Waals surface area contributed by atoms with Crippen molar-refractivity contribution >= 4 is 17.7 Å². The van der Waals surface area contributed by atoms with Crippen molar-refractivity contribution in [3.8, 4) is 0 Å². The number of hydrogen-bond donors (Lipinski definition) is 0. The highest BCUT2D eigenvalue weighted by Gasteiger charge is 2.19. The Morgan fingerprint density at radius 1 is 1.50 bits per heavy atom. The molecule has 1 amide bonds. The lowest BCUT2D eigenvalue weighted by molar-refractivity contribution is -0.131. The molecule has 0 saturated carbocycles. The molecular formula is C14H17NO2S. The molecule has 0 fully saturated rings. The quantitative estimate of drug-likeness (QED) is 0.785. The summed E-state index contributed by atoms with van der Waals surface area (Å²) >= 11 is 1.81. The maximum atomic E-state index is 12.1. The van der Waals surface area contributed by atoms with Gasteiger partial charge in [-0.1, -0.05) is 24.8 Å². The average Bonchev–Trinajstić information content (AvgIpc) is 2.60. The van der Waals surface area contributed by atoms with Gasteiger partial charge in [-0.25, -0.2) is 0 Å². The predicted octanol–water partition coefficient (Wildman–Crippen LogP) is 2.67. The van der Waals surface area contributed by atoms with Crippen molar-refractivity contribution in [1.82, 2.24) is 4.90 Å². The first kappa shape index (κ1) is 13.0. The third-order valence-corrected chi connectivity index (χ3v) is 4.04. The molecule has 0 atom stereocenters. The standard InChI is InChI=1S/C14H17NO2S/c1-11(17-2)9-14(16)15-7-8-18-13-6-4-3-5-12(13)10-15/h3-6H,1,7-10H2,2H3. The van der Waals surface area contributed by atoms with Gasteiger partial charge < -0.3 is 9.64 Å². The van der Waals surface area contributed by atoms with E-state index in [1.807, 2.05) is 28.8 Å². The summed E-state index contributed by atoms with van der Waals surface area (Å²) in [5.74, 6) is 1.53. The fourth-order valence-corrected chi connectivity index (χ4v) is 2.92. The smallest absolute Gasteiger partial charge is 0.230 e. The minimum atomic E-state index is 0.0825. The lowest BCUT2D eigenvalue weighted by Crippen LogP contribution is -2.31. The van der Waals surface area contributed by atoms with Crippen LogP contribution in [0.1, 0.15) is 12.0 Å². The van der Waals surface area contributed by atoms with Gasteiger partial charge in [0.25, 0.3) is 0 Å². The fraction of sp³-hybridized carbons (Fsp3) is 0.357. The first-order valence-electron chi connectivity index (χ1n) is 5.91. The second-order valence-corrected chi connectivity index (χ2v) is 5.33. The lowest BCUT2D eigenvalue weighted by atomic mass is 10.2. The van der Waals surface area contributed by atoms with Gasteiger partial charge in [-0.15, -0.1) is 11.8 Å². The van der Waals surface area contributed by atoms with Crippen LogP contribution in [0.25, 0.3) is 0 Å². The van der Waals surface area contributed by atoms with Gasteiger partial charge in [0.15, 0.2) is 0 Å². The van der Waals surface area contributed by atoms with Gasteiger partial charge in [0.2, 0.25) is 5.91 Å². The van der Waals surface area contributed by atoms with Crippen LogP contribution in [0.2, 0.25) is 0 Å². The van der Waals surface area contributed by atoms with E-state index in [-0.39, 0.29) is 12.3 Å². The molecule has 1 aromatic carbocycles. The summed E-state index contributed by atoms with van der Waals surface area (Å²) < 4.78 is 4.97. The zero-order valence-electron chi connectivity index (χ0n) is 10.5. The minimum Gasteiger partial charge on any atom is -0.501 e. The largest absolute Gasteiger partial charge is 0.501 e. The van der Waals surface area contributed by atoms with Crippen LogP contribution < -0.4 is 0 Å². The number of methoxy groups -OCH3 is 1. The Morgan fingerprint density at radius 2 is 2.28 bits per heavy atom. The number of carbonyl (C=O) groups is 1. The molecular weight excluding hydrogens is 246 g/mol. The molecule has 0 radical (unpaired) electrons. The molecule has 1 aliphatic heterocycles. The molecule has 18 heavy (non-hydrogen) atoms. The Hall–Kier alpha value is -1.42. The molecule has 0 N–H and O–H groups in total. The second kappa shape index (κ2) is 5.96. The topological polar surface area (TPSA) is 29.5 Å². The first-order chi connectivity index (χ1) is 8.70. The highest BCUT2D eigenvalue weighted by atomic mass is 32.2. The molecule has 0 saturated heterocycles. The van der Waals surface area contributed by atoms with Gasteiger partial charge in [0, 0.05) is 23.7 Å². The molecule has 96 valence electrons. The van der Waals surface area contributed by atoms with Gasteiger partial charge in [0.1, 0.15) is 0 Å². The van der Waals surface area contributed by atoms with Gasteiger partial charge >= 0.3 is 0 Å². The summed E-state index contributed by atoms with van der Waals surface area (Å²) in [6.45, 7) is 5.15. The number of benzene rings is 1. The highest BCUT2D eigenvalue weighted by Crippen LogP contribution is 2.27. The van der Waals surface area contributed by atoms with E-state index in [1.165, 1.54) is 10.5 Å². The van der Waals surface area contributed by atoms with Crippen LogP contribution in [-0.4, -0.2) is 30.2 Å². The molecule has 0 aromatic heterocycles. The summed E-state index contributed by atoms with van der Waals surface area (Å²) in [5, 5.41) is 0. The van der Waals surface area contributed by atoms with Crippen molar-refractivity contribution in [2.75, 3.05) is 19.4 Å². The van der Waals surface area contributed by atoms with E-state index in [2.05, 4.69) is 18.7 Å². The highest BCUT2D eigenvalue weighted by molar-refractivity contribution is 7.99. The van der Waals surface area contributed by atoms with Gasteiger partial charge in [-0.05, 0) is 11.6 Å². The molecule has 1 aromatic rings. The minimum absolute atomic E-state index is 0.0825. The number of rotatable bonds is 3. The fourth-order valence-electron chi connectivity index (χ4n) is 1.89. The van der Waals surface area contributed by atoms with E-state index < -0.39 is 0 Å². The maximum Gasteiger partial charge on any atom is 0.230 e. The van der Waals surface area contributed by atoms with E-state index in [0.29, 0.717) is 12.3 Å². The Bertz CT molecular complexity index is 459. The van der Waals surface area contributed by atoms with E-state index in [9.17, 15) is 4.79 Å². The van der Waals surface area contributed by atoms with Crippen molar-refractivity contribution < 1.29 is 9.53 Å². The molecule has 2 rings (SSSR count). The van der Waals surface area contributed by atoms with Crippen molar-refractivity contribution in [3.05, 3.63) is 42.2 Å². The van der Waals surface area contributed by atoms with Crippen LogP contribution in [-0.2, 0) is 16.1 Å². The predicted molar refractivity (Wildman–Crippen MR) is 73.3 cm³/mol. The first-order valence-corrected chi connectivity index (χ1v) is 6.89. The number of nitrogens with zero attached hydrogens (tertiary/aromatic N) is 1. The Morgan fingerprint density at radius 3 is 3.06 bits per heavy atom. The van der Waals surface area contributed by atoms with Crippen LogP contribution in [0.4, 0.5) is 0 Å². The molecule has 0 bridgehead atoms. The van der Waals surface area contributed by atoms with Crippen LogP contribution in [0.3, 0.4) is 0 Å². The van der Waals surface area contributed by atoms with Gasteiger partial charge in [-0.2, -0.15) is 0 Å².